The van der Waals surface area contributed by atoms with Crippen LogP contribution in [0.4, 0.5) is 0 Å². The van der Waals surface area contributed by atoms with Crippen LogP contribution < -0.4 is 0 Å². The monoisotopic (exact) mass is 302 g/mol. The van der Waals surface area contributed by atoms with Gasteiger partial charge in [-0.1, -0.05) is 25.7 Å². The predicted octanol–water partition coefficient (Wildman–Crippen LogP) is 2.15. The Morgan fingerprint density at radius 3 is 2.29 bits per heavy atom. The van der Waals surface area contributed by atoms with Gasteiger partial charge in [0.25, 0.3) is 0 Å². The maximum Gasteiger partial charge on any atom is 0.305 e. The van der Waals surface area contributed by atoms with Gasteiger partial charge in [-0.05, 0) is 12.8 Å². The van der Waals surface area contributed by atoms with Crippen molar-refractivity contribution in [1.29, 1.82) is 0 Å². The van der Waals surface area contributed by atoms with E-state index in [0.29, 0.717) is 26.2 Å². The molecule has 0 saturated carbocycles. The Bertz CT molecular complexity index is 299. The first kappa shape index (κ1) is 17.9. The van der Waals surface area contributed by atoms with Crippen LogP contribution in [-0.2, 0) is 23.8 Å². The average Bonchev–Trinajstić information content (AvgIpc) is 2.48. The second-order valence-electron chi connectivity index (χ2n) is 5.27. The third kappa shape index (κ3) is 10.3. The van der Waals surface area contributed by atoms with Gasteiger partial charge in [0.1, 0.15) is 12.7 Å². The van der Waals surface area contributed by atoms with E-state index in [4.69, 9.17) is 19.3 Å². The molecule has 1 heterocycles. The summed E-state index contributed by atoms with van der Waals surface area (Å²) in [7, 11) is 0. The molecule has 1 atom stereocenters. The summed E-state index contributed by atoms with van der Waals surface area (Å²) in [5, 5.41) is 8.49. The molecule has 6 nitrogen and oxygen atoms in total. The van der Waals surface area contributed by atoms with E-state index in [1.165, 1.54) is 0 Å². The normalized spacial score (nSPS) is 18.4. The summed E-state index contributed by atoms with van der Waals surface area (Å²) < 4.78 is 15.7. The van der Waals surface area contributed by atoms with Crippen LogP contribution in [0.3, 0.4) is 0 Å². The number of esters is 1. The Kier molecular flexibility index (Phi) is 9.82. The van der Waals surface area contributed by atoms with Crippen molar-refractivity contribution in [2.75, 3.05) is 26.4 Å². The first-order valence-corrected chi connectivity index (χ1v) is 7.75. The highest BCUT2D eigenvalue weighted by molar-refractivity contribution is 5.69. The number of aliphatic carboxylic acids is 1. The van der Waals surface area contributed by atoms with Gasteiger partial charge in [-0.15, -0.1) is 0 Å². The fraction of sp³-hybridized carbons (Fsp3) is 0.867. The van der Waals surface area contributed by atoms with Crippen LogP contribution in [0, 0.1) is 0 Å². The molecule has 0 radical (unpaired) electrons. The lowest BCUT2D eigenvalue weighted by molar-refractivity contribution is -0.155. The summed E-state index contributed by atoms with van der Waals surface area (Å²) in [5.41, 5.74) is 0. The van der Waals surface area contributed by atoms with Crippen molar-refractivity contribution in [3.63, 3.8) is 0 Å². The van der Waals surface area contributed by atoms with Gasteiger partial charge in [0.2, 0.25) is 0 Å². The van der Waals surface area contributed by atoms with Crippen LogP contribution >= 0.6 is 0 Å². The highest BCUT2D eigenvalue weighted by Gasteiger charge is 2.16. The smallest absolute Gasteiger partial charge is 0.305 e. The van der Waals surface area contributed by atoms with E-state index in [1.807, 2.05) is 0 Å². The minimum absolute atomic E-state index is 0.128. The molecule has 0 spiro atoms. The van der Waals surface area contributed by atoms with Crippen molar-refractivity contribution in [2.24, 2.45) is 0 Å². The van der Waals surface area contributed by atoms with Gasteiger partial charge < -0.3 is 19.3 Å². The number of carbonyl (C=O) groups excluding carboxylic acids is 1. The minimum Gasteiger partial charge on any atom is -0.481 e. The van der Waals surface area contributed by atoms with Gasteiger partial charge in [-0.3, -0.25) is 9.59 Å². The molecule has 0 aromatic rings. The summed E-state index contributed by atoms with van der Waals surface area (Å²) in [6, 6.07) is 0. The lowest BCUT2D eigenvalue weighted by Crippen LogP contribution is -2.33. The Hall–Kier alpha value is -1.14. The number of hydrogen-bond donors (Lipinski definition) is 1. The number of rotatable bonds is 11. The first-order chi connectivity index (χ1) is 10.2. The molecule has 0 aliphatic carbocycles. The van der Waals surface area contributed by atoms with Gasteiger partial charge in [-0.25, -0.2) is 0 Å². The summed E-state index contributed by atoms with van der Waals surface area (Å²) in [5.74, 6) is -0.917. The number of unbranched alkanes of at least 4 members (excludes halogenated alkanes) is 5. The van der Waals surface area contributed by atoms with Crippen molar-refractivity contribution in [3.05, 3.63) is 0 Å². The van der Waals surface area contributed by atoms with E-state index in [0.717, 1.165) is 38.5 Å². The molecule has 1 saturated heterocycles. The van der Waals surface area contributed by atoms with Gasteiger partial charge in [-0.2, -0.15) is 0 Å². The van der Waals surface area contributed by atoms with Crippen LogP contribution in [0.2, 0.25) is 0 Å². The third-order valence-corrected chi connectivity index (χ3v) is 3.34. The topological polar surface area (TPSA) is 82.1 Å². The molecular weight excluding hydrogens is 276 g/mol. The highest BCUT2D eigenvalue weighted by atomic mass is 16.6. The van der Waals surface area contributed by atoms with Crippen LogP contribution in [0.25, 0.3) is 0 Å². The maximum absolute atomic E-state index is 11.5. The molecule has 6 heteroatoms. The van der Waals surface area contributed by atoms with Gasteiger partial charge in [0.05, 0.1) is 19.8 Å². The highest BCUT2D eigenvalue weighted by Crippen LogP contribution is 2.09. The number of carboxylic acids is 1. The van der Waals surface area contributed by atoms with E-state index in [9.17, 15) is 9.59 Å². The second kappa shape index (κ2) is 11.5. The molecule has 0 aromatic heterocycles. The largest absolute Gasteiger partial charge is 0.481 e. The zero-order valence-electron chi connectivity index (χ0n) is 12.6. The summed E-state index contributed by atoms with van der Waals surface area (Å²) in [6.07, 6.45) is 6.09. The molecule has 0 bridgehead atoms. The van der Waals surface area contributed by atoms with Crippen molar-refractivity contribution in [3.8, 4) is 0 Å². The van der Waals surface area contributed by atoms with E-state index in [1.54, 1.807) is 0 Å². The van der Waals surface area contributed by atoms with Crippen molar-refractivity contribution < 1.29 is 28.9 Å². The van der Waals surface area contributed by atoms with E-state index >= 15 is 0 Å². The van der Waals surface area contributed by atoms with E-state index in [2.05, 4.69) is 0 Å². The van der Waals surface area contributed by atoms with Crippen LogP contribution in [-0.4, -0.2) is 49.6 Å². The lowest BCUT2D eigenvalue weighted by atomic mass is 10.1. The number of ether oxygens (including phenoxy) is 3. The number of carboxylic acid groups (broad SMARTS) is 1. The molecule has 1 aliphatic rings. The minimum atomic E-state index is -0.731. The molecular formula is C15H26O6. The molecule has 0 aromatic carbocycles. The molecule has 1 rings (SSSR count). The molecule has 21 heavy (non-hydrogen) atoms. The van der Waals surface area contributed by atoms with E-state index in [-0.39, 0.29) is 25.1 Å². The lowest BCUT2D eigenvalue weighted by Gasteiger charge is -2.22. The quantitative estimate of drug-likeness (QED) is 0.465. The van der Waals surface area contributed by atoms with Crippen LogP contribution in [0.5, 0.6) is 0 Å². The van der Waals surface area contributed by atoms with Crippen LogP contribution in [0.15, 0.2) is 0 Å². The first-order valence-electron chi connectivity index (χ1n) is 7.75. The van der Waals surface area contributed by atoms with Crippen molar-refractivity contribution in [1.82, 2.24) is 0 Å². The third-order valence-electron chi connectivity index (χ3n) is 3.34. The van der Waals surface area contributed by atoms with Gasteiger partial charge >= 0.3 is 11.9 Å². The van der Waals surface area contributed by atoms with Crippen molar-refractivity contribution in [2.45, 2.75) is 57.5 Å². The summed E-state index contributed by atoms with van der Waals surface area (Å²) >= 11 is 0. The van der Waals surface area contributed by atoms with E-state index < -0.39 is 5.97 Å². The Balaban J connectivity index is 1.85. The number of hydrogen-bond acceptors (Lipinski definition) is 5. The Labute approximate surface area is 125 Å². The number of carbonyl (C=O) groups is 2. The fourth-order valence-corrected chi connectivity index (χ4v) is 2.14. The second-order valence-corrected chi connectivity index (χ2v) is 5.27. The molecule has 0 amide bonds. The van der Waals surface area contributed by atoms with Gasteiger partial charge in [0.15, 0.2) is 0 Å². The van der Waals surface area contributed by atoms with Crippen molar-refractivity contribution >= 4 is 11.9 Å². The molecule has 1 fully saturated rings. The van der Waals surface area contributed by atoms with Gasteiger partial charge in [0, 0.05) is 12.8 Å². The maximum atomic E-state index is 11.5. The standard InChI is InChI=1S/C15H26O6/c16-14(17)7-5-3-1-2-4-6-8-15(18)21-12-13-11-19-9-10-20-13/h13H,1-12H2,(H,16,17). The summed E-state index contributed by atoms with van der Waals surface area (Å²) in [6.45, 7) is 1.93. The molecule has 122 valence electrons. The molecule has 1 unspecified atom stereocenters. The molecule has 1 aliphatic heterocycles. The average molecular weight is 302 g/mol. The zero-order chi connectivity index (χ0) is 15.3. The zero-order valence-corrected chi connectivity index (χ0v) is 12.6. The fourth-order valence-electron chi connectivity index (χ4n) is 2.14. The molecule has 1 N–H and O–H groups in total. The summed E-state index contributed by atoms with van der Waals surface area (Å²) in [4.78, 5) is 21.8. The Morgan fingerprint density at radius 2 is 1.67 bits per heavy atom. The van der Waals surface area contributed by atoms with Crippen LogP contribution in [0.1, 0.15) is 51.4 Å². The Morgan fingerprint density at radius 1 is 1.00 bits per heavy atom. The predicted molar refractivity (Wildman–Crippen MR) is 76.1 cm³/mol. The SMILES string of the molecule is O=C(O)CCCCCCCCC(=O)OCC1COCCO1.